The van der Waals surface area contributed by atoms with Gasteiger partial charge in [-0.2, -0.15) is 0 Å². The maximum atomic E-state index is 13.3. The molecule has 5 nitrogen and oxygen atoms in total. The average Bonchev–Trinajstić information content (AvgIpc) is 3.09. The molecule has 2 aliphatic heterocycles. The highest BCUT2D eigenvalue weighted by Crippen LogP contribution is 2.44. The van der Waals surface area contributed by atoms with E-state index in [1.165, 1.54) is 23.0 Å². The zero-order chi connectivity index (χ0) is 24.3. The molecule has 180 valence electrons. The standard InChI is InChI=1S/C28H35N3O2S/c1-6-31-24-14-13-21(17-23(24)20(2)19-28(31,3)4)18-25-26(32)30(15-10-16-33-5)27(34-25)29-22-11-8-7-9-12-22/h7-9,11-14,17-18,20H,6,10,15-16,19H2,1-5H3/b25-18+,29-27?. The van der Waals surface area contributed by atoms with Crippen LogP contribution in [-0.4, -0.2) is 48.3 Å². The van der Waals surface area contributed by atoms with Gasteiger partial charge in [-0.25, -0.2) is 4.99 Å². The number of aliphatic imine (C=N–C) groups is 1. The Balaban J connectivity index is 1.65. The minimum Gasteiger partial charge on any atom is -0.385 e. The third kappa shape index (κ3) is 5.08. The zero-order valence-electron chi connectivity index (χ0n) is 20.9. The molecule has 1 saturated heterocycles. The summed E-state index contributed by atoms with van der Waals surface area (Å²) in [5.74, 6) is 0.483. The third-order valence-electron chi connectivity index (χ3n) is 6.62. The van der Waals surface area contributed by atoms with E-state index in [0.29, 0.717) is 24.0 Å². The molecule has 34 heavy (non-hydrogen) atoms. The number of carbonyl (C=O) groups excluding carboxylic acids is 1. The number of benzene rings is 2. The lowest BCUT2D eigenvalue weighted by atomic mass is 9.79. The normalized spacial score (nSPS) is 22.0. The first-order valence-electron chi connectivity index (χ1n) is 12.1. The highest BCUT2D eigenvalue weighted by Gasteiger charge is 2.36. The van der Waals surface area contributed by atoms with E-state index in [1.54, 1.807) is 12.0 Å². The molecule has 0 bridgehead atoms. The van der Waals surface area contributed by atoms with E-state index in [0.717, 1.165) is 35.8 Å². The molecule has 2 heterocycles. The Hall–Kier alpha value is -2.57. The van der Waals surface area contributed by atoms with Crippen molar-refractivity contribution in [3.05, 3.63) is 64.6 Å². The van der Waals surface area contributed by atoms with Gasteiger partial charge in [-0.1, -0.05) is 31.2 Å². The number of ether oxygens (including phenoxy) is 1. The zero-order valence-corrected chi connectivity index (χ0v) is 21.7. The van der Waals surface area contributed by atoms with E-state index < -0.39 is 0 Å². The molecule has 1 unspecified atom stereocenters. The van der Waals surface area contributed by atoms with E-state index in [4.69, 9.17) is 9.73 Å². The monoisotopic (exact) mass is 477 g/mol. The van der Waals surface area contributed by atoms with Crippen molar-refractivity contribution in [3.63, 3.8) is 0 Å². The second-order valence-corrected chi connectivity index (χ2v) is 10.6. The highest BCUT2D eigenvalue weighted by molar-refractivity contribution is 8.18. The summed E-state index contributed by atoms with van der Waals surface area (Å²) in [6.07, 6.45) is 3.90. The van der Waals surface area contributed by atoms with Crippen LogP contribution in [0, 0.1) is 0 Å². The average molecular weight is 478 g/mol. The molecule has 2 aromatic carbocycles. The fraction of sp³-hybridized carbons (Fsp3) is 0.429. The Bertz CT molecular complexity index is 1090. The summed E-state index contributed by atoms with van der Waals surface area (Å²) >= 11 is 1.45. The van der Waals surface area contributed by atoms with Crippen LogP contribution in [0.3, 0.4) is 0 Å². The molecule has 0 saturated carbocycles. The summed E-state index contributed by atoms with van der Waals surface area (Å²) in [4.78, 5) is 23.1. The number of hydrogen-bond donors (Lipinski definition) is 0. The molecule has 2 aliphatic rings. The van der Waals surface area contributed by atoms with Gasteiger partial charge in [0.05, 0.1) is 10.6 Å². The lowest BCUT2D eigenvalue weighted by Gasteiger charge is -2.47. The molecule has 0 radical (unpaired) electrons. The van der Waals surface area contributed by atoms with Gasteiger partial charge in [0.1, 0.15) is 0 Å². The molecule has 0 N–H and O–H groups in total. The minimum absolute atomic E-state index is 0.0119. The Kier molecular flexibility index (Phi) is 7.48. The Morgan fingerprint density at radius 3 is 2.68 bits per heavy atom. The van der Waals surface area contributed by atoms with Crippen LogP contribution in [0.1, 0.15) is 57.6 Å². The smallest absolute Gasteiger partial charge is 0.266 e. The van der Waals surface area contributed by atoms with Gasteiger partial charge in [0.2, 0.25) is 0 Å². The quantitative estimate of drug-likeness (QED) is 0.340. The fourth-order valence-corrected chi connectivity index (χ4v) is 6.14. The summed E-state index contributed by atoms with van der Waals surface area (Å²) in [7, 11) is 1.68. The van der Waals surface area contributed by atoms with Gasteiger partial charge < -0.3 is 9.64 Å². The van der Waals surface area contributed by atoms with E-state index in [-0.39, 0.29) is 11.4 Å². The molecule has 2 aromatic rings. The van der Waals surface area contributed by atoms with Crippen LogP contribution >= 0.6 is 11.8 Å². The van der Waals surface area contributed by atoms with Crippen molar-refractivity contribution < 1.29 is 9.53 Å². The van der Waals surface area contributed by atoms with E-state index in [1.807, 2.05) is 36.4 Å². The summed E-state index contributed by atoms with van der Waals surface area (Å²) in [5, 5.41) is 0.726. The van der Waals surface area contributed by atoms with Gasteiger partial charge in [-0.05, 0) is 92.8 Å². The number of carbonyl (C=O) groups is 1. The number of rotatable bonds is 7. The maximum Gasteiger partial charge on any atom is 0.266 e. The number of amidine groups is 1. The highest BCUT2D eigenvalue weighted by atomic mass is 32.2. The van der Waals surface area contributed by atoms with Gasteiger partial charge in [0, 0.05) is 38.0 Å². The molecule has 1 amide bonds. The Morgan fingerprint density at radius 2 is 1.97 bits per heavy atom. The second-order valence-electron chi connectivity index (χ2n) is 9.62. The molecule has 1 atom stereocenters. The van der Waals surface area contributed by atoms with Crippen molar-refractivity contribution in [2.75, 3.05) is 31.7 Å². The number of thioether (sulfide) groups is 1. The Morgan fingerprint density at radius 1 is 1.21 bits per heavy atom. The fourth-order valence-electron chi connectivity index (χ4n) is 5.12. The number of nitrogens with zero attached hydrogens (tertiary/aromatic N) is 3. The molecule has 6 heteroatoms. The molecule has 0 spiro atoms. The summed E-state index contributed by atoms with van der Waals surface area (Å²) in [5.41, 5.74) is 4.73. The van der Waals surface area contributed by atoms with Crippen molar-refractivity contribution >= 4 is 40.3 Å². The molecular formula is C28H35N3O2S. The molecule has 0 aliphatic carbocycles. The van der Waals surface area contributed by atoms with Crippen LogP contribution in [0.5, 0.6) is 0 Å². The molecule has 0 aromatic heterocycles. The molecular weight excluding hydrogens is 442 g/mol. The minimum atomic E-state index is 0.0119. The lowest BCUT2D eigenvalue weighted by molar-refractivity contribution is -0.122. The SMILES string of the molecule is CCN1c2ccc(/C=C3/SC(=Nc4ccccc4)N(CCCOC)C3=O)cc2C(C)CC1(C)C. The lowest BCUT2D eigenvalue weighted by Crippen LogP contribution is -2.48. The van der Waals surface area contributed by atoms with Crippen molar-refractivity contribution in [3.8, 4) is 0 Å². The van der Waals surface area contributed by atoms with Crippen LogP contribution < -0.4 is 4.90 Å². The number of anilines is 1. The van der Waals surface area contributed by atoms with Crippen molar-refractivity contribution in [1.82, 2.24) is 4.90 Å². The first-order valence-corrected chi connectivity index (χ1v) is 12.9. The van der Waals surface area contributed by atoms with Crippen molar-refractivity contribution in [1.29, 1.82) is 0 Å². The van der Waals surface area contributed by atoms with Crippen molar-refractivity contribution in [2.45, 2.75) is 52.0 Å². The van der Waals surface area contributed by atoms with Crippen LogP contribution in [0.4, 0.5) is 11.4 Å². The summed E-state index contributed by atoms with van der Waals surface area (Å²) < 4.78 is 5.21. The van der Waals surface area contributed by atoms with Gasteiger partial charge in [0.25, 0.3) is 5.91 Å². The Labute approximate surface area is 207 Å². The first-order chi connectivity index (χ1) is 16.3. The summed E-state index contributed by atoms with van der Waals surface area (Å²) in [6.45, 7) is 11.4. The second kappa shape index (κ2) is 10.4. The van der Waals surface area contributed by atoms with Gasteiger partial charge in [0.15, 0.2) is 5.17 Å². The molecule has 1 fully saturated rings. The molecule has 4 rings (SSSR count). The number of methoxy groups -OCH3 is 1. The number of amides is 1. The number of hydrogen-bond acceptors (Lipinski definition) is 5. The maximum absolute atomic E-state index is 13.3. The predicted octanol–water partition coefficient (Wildman–Crippen LogP) is 6.44. The third-order valence-corrected chi connectivity index (χ3v) is 7.63. The van der Waals surface area contributed by atoms with E-state index >= 15 is 0 Å². The van der Waals surface area contributed by atoms with E-state index in [9.17, 15) is 4.79 Å². The van der Waals surface area contributed by atoms with Crippen molar-refractivity contribution in [2.24, 2.45) is 4.99 Å². The van der Waals surface area contributed by atoms with Crippen LogP contribution in [-0.2, 0) is 9.53 Å². The number of para-hydroxylation sites is 1. The van der Waals surface area contributed by atoms with Crippen LogP contribution in [0.15, 0.2) is 58.4 Å². The predicted molar refractivity (Wildman–Crippen MR) is 144 cm³/mol. The van der Waals surface area contributed by atoms with Crippen LogP contribution in [0.2, 0.25) is 0 Å². The largest absolute Gasteiger partial charge is 0.385 e. The van der Waals surface area contributed by atoms with Crippen LogP contribution in [0.25, 0.3) is 6.08 Å². The van der Waals surface area contributed by atoms with Gasteiger partial charge in [-0.3, -0.25) is 9.69 Å². The summed E-state index contributed by atoms with van der Waals surface area (Å²) in [6, 6.07) is 16.4. The van der Waals surface area contributed by atoms with E-state index in [2.05, 4.69) is 50.8 Å². The first kappa shape index (κ1) is 24.6. The van der Waals surface area contributed by atoms with Gasteiger partial charge >= 0.3 is 0 Å². The number of fused-ring (bicyclic) bond motifs is 1. The topological polar surface area (TPSA) is 45.1 Å². The van der Waals surface area contributed by atoms with Gasteiger partial charge in [-0.15, -0.1) is 0 Å².